The van der Waals surface area contributed by atoms with Gasteiger partial charge in [-0.05, 0) is 38.6 Å². The lowest BCUT2D eigenvalue weighted by molar-refractivity contribution is 0.0940. The number of carbonyl (C=O) groups excluding carboxylic acids is 4. The van der Waals surface area contributed by atoms with E-state index < -0.39 is 29.1 Å². The third-order valence-electron chi connectivity index (χ3n) is 8.76. The topological polar surface area (TPSA) is 418 Å². The number of aryl methyl sites for hydroxylation is 2. The van der Waals surface area contributed by atoms with Crippen LogP contribution in [0.25, 0.3) is 11.3 Å². The fraction of sp³-hybridized carbons (Fsp3) is 0.400. The number of primary amides is 3. The maximum Gasteiger partial charge on any atom is 0.353 e. The van der Waals surface area contributed by atoms with E-state index in [1.807, 2.05) is 102 Å². The highest BCUT2D eigenvalue weighted by molar-refractivity contribution is 6.17. The van der Waals surface area contributed by atoms with Gasteiger partial charge in [-0.3, -0.25) is 35.0 Å². The van der Waals surface area contributed by atoms with Crippen molar-refractivity contribution in [3.63, 3.8) is 0 Å². The van der Waals surface area contributed by atoms with Crippen LogP contribution in [0, 0.1) is 0 Å². The second-order valence-corrected chi connectivity index (χ2v) is 16.3. The molecule has 0 atom stereocenters. The Morgan fingerprint density at radius 2 is 1.22 bits per heavy atom. The number of rotatable bonds is 15. The van der Waals surface area contributed by atoms with Gasteiger partial charge in [0.15, 0.2) is 34.2 Å². The number of alkyl halides is 1. The number of aromatic amines is 1. The van der Waals surface area contributed by atoms with E-state index in [-0.39, 0.29) is 58.6 Å². The number of fused-ring (bicyclic) bond motifs is 2. The lowest BCUT2D eigenvalue weighted by atomic mass is 10.1. The van der Waals surface area contributed by atoms with E-state index in [9.17, 15) is 28.8 Å². The summed E-state index contributed by atoms with van der Waals surface area (Å²) in [6, 6.07) is 7.73. The summed E-state index contributed by atoms with van der Waals surface area (Å²) in [5.74, 6) is 0.337. The van der Waals surface area contributed by atoms with Crippen LogP contribution in [0.5, 0.6) is 0 Å². The number of imidazole rings is 3. The van der Waals surface area contributed by atoms with Crippen LogP contribution in [-0.2, 0) is 20.1 Å². The van der Waals surface area contributed by atoms with Crippen LogP contribution in [0.4, 0.5) is 23.7 Å². The Morgan fingerprint density at radius 1 is 0.730 bits per heavy atom. The number of benzene rings is 1. The summed E-state index contributed by atoms with van der Waals surface area (Å²) in [6.07, 6.45) is 3.70. The average molecular weight is 1050 g/mol. The predicted octanol–water partition coefficient (Wildman–Crippen LogP) is -2.27. The average Bonchev–Trinajstić information content (AvgIpc) is 4.13. The fourth-order valence-electron chi connectivity index (χ4n) is 5.22. The minimum absolute atomic E-state index is 0.0249. The molecule has 0 aliphatic carbocycles. The molecule has 6 aromatic heterocycles. The number of halogens is 1. The molecule has 0 spiro atoms. The van der Waals surface area contributed by atoms with Gasteiger partial charge in [-0.1, -0.05) is 27.8 Å². The summed E-state index contributed by atoms with van der Waals surface area (Å²) in [6.45, 7) is 4.86. The van der Waals surface area contributed by atoms with Crippen LogP contribution in [0.2, 0.25) is 0 Å². The summed E-state index contributed by atoms with van der Waals surface area (Å²) in [4.78, 5) is 99.5. The van der Waals surface area contributed by atoms with Gasteiger partial charge in [-0.25, -0.2) is 33.3 Å². The molecule has 0 bridgehead atoms. The number of carbonyl (C=O) groups is 4. The summed E-state index contributed by atoms with van der Waals surface area (Å²) in [5, 5.41) is 26.2. The highest BCUT2D eigenvalue weighted by atomic mass is 35.5. The van der Waals surface area contributed by atoms with Gasteiger partial charge in [-0.2, -0.15) is 24.3 Å². The van der Waals surface area contributed by atoms with Crippen molar-refractivity contribution >= 4 is 70.2 Å². The first-order chi connectivity index (χ1) is 34.9. The molecule has 0 unspecified atom stereocenters. The molecule has 0 radical (unpaired) electrons. The van der Waals surface area contributed by atoms with Crippen LogP contribution < -0.4 is 59.4 Å². The molecule has 4 amide bonds. The van der Waals surface area contributed by atoms with Gasteiger partial charge in [0.05, 0.1) is 12.9 Å². The Morgan fingerprint density at radius 3 is 1.65 bits per heavy atom. The molecule has 7 aromatic rings. The molecule has 1 aromatic carbocycles. The number of hydrogen-bond donors (Lipinski definition) is 7. The molecule has 7 rings (SSSR count). The fourth-order valence-corrected chi connectivity index (χ4v) is 5.38. The van der Waals surface area contributed by atoms with Gasteiger partial charge >= 0.3 is 11.4 Å². The smallest absolute Gasteiger partial charge is 0.353 e. The van der Waals surface area contributed by atoms with Gasteiger partial charge in [-0.15, -0.1) is 26.9 Å². The summed E-state index contributed by atoms with van der Waals surface area (Å²) >= 11 is 5.49. The van der Waals surface area contributed by atoms with E-state index in [0.29, 0.717) is 23.4 Å². The van der Waals surface area contributed by atoms with E-state index in [1.165, 1.54) is 31.0 Å². The standard InChI is InChI=1S/C12H19N3O.C9H18N6.C7H7ClN6O2.C6H6N6O2.C6H10N6O/c1-9(2)15-12(16)11-6-4-10(5-7-11)8-14-13-3;1-13(2)7-10-8(14(3)4)12-9(11-7)15(5)6;8-1-2-14-7(16)13-3-10-4(5(9)15)6(13)11-12-14;1-11-6(14)12-2-8-3(4(7)13)5(12)9-10-11;1-12(2)11-10-6-4(5(7)13)8-3-9-6/h4-7,9,13-14H,8H2,1-3H3,(H,15,16);1-6H3;3H,1-2H2,(H2,9,15);2H,1H3,(H2,7,13);3H,1-2H3,(H2,7,13)(H,8,9)/b;;;;11-10+. The molecule has 34 heteroatoms. The number of nitrogens with two attached hydrogens (primary N) is 3. The van der Waals surface area contributed by atoms with Crippen molar-refractivity contribution < 1.29 is 19.2 Å². The van der Waals surface area contributed by atoms with Gasteiger partial charge in [0.2, 0.25) is 17.8 Å². The summed E-state index contributed by atoms with van der Waals surface area (Å²) in [5.41, 5.74) is 21.9. The second kappa shape index (κ2) is 28.1. The highest BCUT2D eigenvalue weighted by Crippen LogP contribution is 2.15. The summed E-state index contributed by atoms with van der Waals surface area (Å²) < 4.78 is 4.30. The largest absolute Gasteiger partial charge is 0.364 e. The molecule has 0 saturated heterocycles. The molecule has 6 heterocycles. The van der Waals surface area contributed by atoms with Crippen LogP contribution in [0.1, 0.15) is 61.2 Å². The number of aromatic nitrogens is 15. The van der Waals surface area contributed by atoms with Gasteiger partial charge in [0.25, 0.3) is 23.6 Å². The van der Waals surface area contributed by atoms with Gasteiger partial charge in [0, 0.05) is 87.5 Å². The van der Waals surface area contributed by atoms with Crippen molar-refractivity contribution in [2.45, 2.75) is 33.0 Å². The molecule has 0 aliphatic rings. The quantitative estimate of drug-likeness (QED) is 0.0323. The third-order valence-corrected chi connectivity index (χ3v) is 8.93. The van der Waals surface area contributed by atoms with Crippen molar-refractivity contribution in [2.75, 3.05) is 84.0 Å². The number of anilines is 3. The number of hydrazine groups is 1. The number of amides is 4. The Balaban J connectivity index is 0.000000244. The lowest BCUT2D eigenvalue weighted by Gasteiger charge is -2.18. The molecular weight excluding hydrogens is 990 g/mol. The monoisotopic (exact) mass is 1050 g/mol. The molecule has 0 aliphatic heterocycles. The Labute approximate surface area is 427 Å². The van der Waals surface area contributed by atoms with Crippen LogP contribution in [0.15, 0.2) is 63.2 Å². The Bertz CT molecular complexity index is 3060. The normalized spacial score (nSPS) is 10.5. The molecule has 74 heavy (non-hydrogen) atoms. The molecule has 398 valence electrons. The summed E-state index contributed by atoms with van der Waals surface area (Å²) in [7, 11) is 18.2. The number of nitrogens with zero attached hydrogens (tertiary/aromatic N) is 20. The van der Waals surface area contributed by atoms with Gasteiger partial charge in [0.1, 0.15) is 12.7 Å². The Kier molecular flexibility index (Phi) is 22.5. The third kappa shape index (κ3) is 17.0. The molecule has 0 saturated carbocycles. The Hall–Kier alpha value is -9.11. The van der Waals surface area contributed by atoms with Crippen molar-refractivity contribution in [3.8, 4) is 0 Å². The van der Waals surface area contributed by atoms with E-state index in [4.69, 9.17) is 28.8 Å². The molecular formula is C40H60ClN27O6. The van der Waals surface area contributed by atoms with Crippen molar-refractivity contribution in [3.05, 3.63) is 92.4 Å². The SMILES string of the molecule is CN(C)/N=N/c1[nH]cnc1C(N)=O.CN(C)c1nc(N(C)C)nc(N(C)C)n1.CNNCc1ccc(C(=O)NC(C)C)cc1.Cn1nnc2c(C(N)=O)ncn2c1=O.NC(=O)c1ncn2c(=O)n(CCCl)nnc12. The van der Waals surface area contributed by atoms with E-state index >= 15 is 0 Å². The minimum Gasteiger partial charge on any atom is -0.364 e. The lowest BCUT2D eigenvalue weighted by Crippen LogP contribution is -2.30. The van der Waals surface area contributed by atoms with Crippen LogP contribution in [0.3, 0.4) is 0 Å². The molecule has 10 N–H and O–H groups in total. The first kappa shape index (κ1) is 59.2. The predicted molar refractivity (Wildman–Crippen MR) is 272 cm³/mol. The van der Waals surface area contributed by atoms with Crippen molar-refractivity contribution in [1.82, 2.24) is 94.9 Å². The van der Waals surface area contributed by atoms with Gasteiger partial charge < -0.3 is 42.2 Å². The molecule has 33 nitrogen and oxygen atoms in total. The second-order valence-electron chi connectivity index (χ2n) is 15.9. The maximum atomic E-state index is 11.7. The highest BCUT2D eigenvalue weighted by Gasteiger charge is 2.16. The van der Waals surface area contributed by atoms with Crippen molar-refractivity contribution in [1.29, 1.82) is 0 Å². The molecule has 0 fully saturated rings. The van der Waals surface area contributed by atoms with Crippen LogP contribution >= 0.6 is 11.6 Å². The zero-order chi connectivity index (χ0) is 55.4. The van der Waals surface area contributed by atoms with E-state index in [0.717, 1.165) is 30.3 Å². The number of nitrogens with one attached hydrogen (secondary N) is 4. The number of H-pyrrole nitrogens is 1. The van der Waals surface area contributed by atoms with Crippen molar-refractivity contribution in [2.24, 2.45) is 34.6 Å². The van der Waals surface area contributed by atoms with E-state index in [1.54, 1.807) is 14.1 Å². The van der Waals surface area contributed by atoms with Crippen LogP contribution in [-0.4, -0.2) is 178 Å². The zero-order valence-electron chi connectivity index (χ0n) is 42.7. The number of hydrogen-bond acceptors (Lipinski definition) is 23. The maximum absolute atomic E-state index is 11.7. The minimum atomic E-state index is -0.758. The first-order valence-corrected chi connectivity index (χ1v) is 22.2. The first-order valence-electron chi connectivity index (χ1n) is 21.6. The van der Waals surface area contributed by atoms with E-state index in [2.05, 4.69) is 82.0 Å². The zero-order valence-corrected chi connectivity index (χ0v) is 43.5.